The Labute approximate surface area is 251 Å². The van der Waals surface area contributed by atoms with Crippen molar-refractivity contribution in [1.29, 1.82) is 0 Å². The second-order valence-electron chi connectivity index (χ2n) is 6.74. The summed E-state index contributed by atoms with van der Waals surface area (Å²) in [6, 6.07) is 11.8. The van der Waals surface area contributed by atoms with Crippen molar-refractivity contribution in [2.45, 2.75) is 5.60 Å². The van der Waals surface area contributed by atoms with Crippen molar-refractivity contribution < 1.29 is 52.5 Å². The minimum atomic E-state index is -2.68. The molecule has 0 aromatic heterocycles. The molecule has 0 saturated heterocycles. The van der Waals surface area contributed by atoms with Gasteiger partial charge in [0.1, 0.15) is 0 Å². The van der Waals surface area contributed by atoms with E-state index in [0.717, 1.165) is 0 Å². The molecule has 0 radical (unpaired) electrons. The number of phenolic OH excluding ortho intramolecular Hbond substituents is 2. The van der Waals surface area contributed by atoms with Gasteiger partial charge in [0.2, 0.25) is 0 Å². The molecular weight excluding hydrogens is 743 g/mol. The average molecular weight is 755 g/mol. The maximum absolute atomic E-state index is 12.8. The first kappa shape index (κ1) is 26.0. The number of fused-ring (bicyclic) bond motifs is 6. The summed E-state index contributed by atoms with van der Waals surface area (Å²) in [7, 11) is 0. The molecule has 5 rings (SSSR count). The van der Waals surface area contributed by atoms with Gasteiger partial charge < -0.3 is 0 Å². The van der Waals surface area contributed by atoms with E-state index in [4.69, 9.17) is 9.47 Å². The van der Waals surface area contributed by atoms with Crippen molar-refractivity contribution in [2.24, 2.45) is 0 Å². The molecule has 1 atom stereocenters. The number of rotatable bonds is 1. The van der Waals surface area contributed by atoms with Crippen LogP contribution in [0.15, 0.2) is 51.4 Å². The molecule has 146 valence electrons. The van der Waals surface area contributed by atoms with E-state index < -0.39 is 36.6 Å². The number of esters is 1. The quantitative estimate of drug-likeness (QED) is 0.262. The van der Waals surface area contributed by atoms with Crippen LogP contribution in [0, 0.1) is 0 Å². The summed E-state index contributed by atoms with van der Waals surface area (Å²) in [4.78, 5) is 12.8. The second kappa shape index (κ2) is 9.56. The Morgan fingerprint density at radius 1 is 0.935 bits per heavy atom. The van der Waals surface area contributed by atoms with Crippen LogP contribution in [0.3, 0.4) is 0 Å². The number of carbonyl (C=O) groups excluding carboxylic acids is 1. The summed E-state index contributed by atoms with van der Waals surface area (Å²) >= 11 is 4.00. The standard InChI is InChI=1S/C20H9Br2O5.Hg.2Na.H2O.2H/c21-13-5-11-17(7-15(13)23)26-18-8-16(24)14(22)6-12(18)20(11)10-4-2-1-3-9(10)19(25)27-20;;;;;;/h1-7,23-24H;;;;1H2;;/q;+1;;;;;/p-1. The first-order valence-corrected chi connectivity index (χ1v) is 15.4. The Bertz CT molecular complexity index is 1240. The summed E-state index contributed by atoms with van der Waals surface area (Å²) in [6.45, 7) is 0. The summed E-state index contributed by atoms with van der Waals surface area (Å²) in [5.74, 6) is -0.0501. The molecule has 0 aliphatic carbocycles. The number of phenols is 2. The van der Waals surface area contributed by atoms with E-state index in [1.54, 1.807) is 24.3 Å². The van der Waals surface area contributed by atoms with E-state index in [1.165, 1.54) is 6.07 Å². The summed E-state index contributed by atoms with van der Waals surface area (Å²) in [6.07, 6.45) is 0. The van der Waals surface area contributed by atoms with Gasteiger partial charge in [-0.05, 0) is 0 Å². The van der Waals surface area contributed by atoms with Crippen LogP contribution >= 0.6 is 31.9 Å². The van der Waals surface area contributed by atoms with Crippen LogP contribution in [-0.4, -0.2) is 78.3 Å². The molecule has 2 heterocycles. The first-order chi connectivity index (χ1) is 13.9. The third kappa shape index (κ3) is 3.79. The second-order valence-corrected chi connectivity index (χ2v) is 12.4. The van der Waals surface area contributed by atoms with Gasteiger partial charge in [0.05, 0.1) is 0 Å². The van der Waals surface area contributed by atoms with Gasteiger partial charge >= 0.3 is 255 Å². The van der Waals surface area contributed by atoms with Crippen LogP contribution in [0.2, 0.25) is 0 Å². The molecule has 11 heteroatoms. The van der Waals surface area contributed by atoms with Crippen molar-refractivity contribution in [2.75, 3.05) is 0 Å². The number of benzene rings is 3. The van der Waals surface area contributed by atoms with Crippen LogP contribution in [0.1, 0.15) is 27.0 Å². The number of aromatic hydroxyl groups is 2. The normalized spacial score (nSPS) is 17.2. The molecule has 2 aliphatic rings. The Hall–Kier alpha value is 0.385. The molecule has 0 fully saturated rings. The molecule has 3 aromatic rings. The molecule has 1 spiro atoms. The van der Waals surface area contributed by atoms with Crippen molar-refractivity contribution in [3.05, 3.63) is 73.7 Å². The molecule has 31 heavy (non-hydrogen) atoms. The topological polar surface area (TPSA) is 96.2 Å². The Morgan fingerprint density at radius 2 is 1.61 bits per heavy atom. The predicted octanol–water partition coefficient (Wildman–Crippen LogP) is 2.51. The third-order valence-corrected chi connectivity index (χ3v) is 10.3. The molecule has 1 unspecified atom stereocenters. The molecule has 3 aromatic carbocycles. The molecule has 2 aliphatic heterocycles. The number of hydrogen-bond donors (Lipinski definition) is 3. The fraction of sp³-hybridized carbons (Fsp3) is 0.0500. The van der Waals surface area contributed by atoms with Crippen LogP contribution in [-0.2, 0) is 35.4 Å². The van der Waals surface area contributed by atoms with Gasteiger partial charge in [-0.15, -0.1) is 0 Å². The molecular formula is C20H12Br2HgNa2O6. The van der Waals surface area contributed by atoms with Crippen LogP contribution in [0.5, 0.6) is 23.0 Å². The summed E-state index contributed by atoms with van der Waals surface area (Å²) in [5.41, 5.74) is 0.767. The van der Waals surface area contributed by atoms with Gasteiger partial charge in [0.25, 0.3) is 0 Å². The molecule has 0 saturated carbocycles. The van der Waals surface area contributed by atoms with E-state index in [2.05, 4.69) is 31.9 Å². The zero-order chi connectivity index (χ0) is 20.5. The van der Waals surface area contributed by atoms with Crippen LogP contribution in [0.25, 0.3) is 0 Å². The van der Waals surface area contributed by atoms with Gasteiger partial charge in [-0.2, -0.15) is 0 Å². The molecule has 0 amide bonds. The van der Waals surface area contributed by atoms with Crippen molar-refractivity contribution in [3.63, 3.8) is 0 Å². The zero-order valence-corrected chi connectivity index (χ0v) is 23.2. The number of ether oxygens (including phenoxy) is 2. The monoisotopic (exact) mass is 754 g/mol. The fourth-order valence-electron chi connectivity index (χ4n) is 3.97. The summed E-state index contributed by atoms with van der Waals surface area (Å²) in [5, 5.41) is 20.7. The van der Waals surface area contributed by atoms with Crippen molar-refractivity contribution >= 4 is 100 Å². The zero-order valence-electron chi connectivity index (χ0n) is 14.6. The Kier molecular flexibility index (Phi) is 8.02. The van der Waals surface area contributed by atoms with Crippen LogP contribution in [0.4, 0.5) is 0 Å². The van der Waals surface area contributed by atoms with Gasteiger partial charge in [-0.1, -0.05) is 0 Å². The van der Waals surface area contributed by atoms with Gasteiger partial charge in [0, 0.05) is 0 Å². The number of halogens is 2. The Balaban J connectivity index is 0.00000136. The third-order valence-electron chi connectivity index (χ3n) is 5.25. The molecule has 6 nitrogen and oxygen atoms in total. The predicted molar refractivity (Wildman–Crippen MR) is 120 cm³/mol. The van der Waals surface area contributed by atoms with E-state index >= 15 is 0 Å². The first-order valence-electron chi connectivity index (χ1n) is 8.57. The van der Waals surface area contributed by atoms with Crippen molar-refractivity contribution in [3.8, 4) is 23.0 Å². The van der Waals surface area contributed by atoms with Gasteiger partial charge in [-0.25, -0.2) is 0 Å². The van der Waals surface area contributed by atoms with Crippen molar-refractivity contribution in [1.82, 2.24) is 0 Å². The van der Waals surface area contributed by atoms with Crippen LogP contribution < -0.4 is 7.81 Å². The average Bonchev–Trinajstić information content (AvgIpc) is 3.00. The summed E-state index contributed by atoms with van der Waals surface area (Å²) < 4.78 is 23.4. The SMILES string of the molecule is O=C1OC2(c3cc(Br)c(O)cc3Oc3c2cc(Br)c(O)[c]3[Hg][OH])c2ccccc21.[NaH].[NaH]. The minimum absolute atomic E-state index is 0. The van der Waals surface area contributed by atoms with Gasteiger partial charge in [0.15, 0.2) is 0 Å². The van der Waals surface area contributed by atoms with Gasteiger partial charge in [-0.3, -0.25) is 0 Å². The number of carbonyl (C=O) groups is 1. The maximum atomic E-state index is 12.8. The number of hydrogen-bond acceptors (Lipinski definition) is 6. The molecule has 3 N–H and O–H groups in total. The Morgan fingerprint density at radius 3 is 2.32 bits per heavy atom. The van der Waals surface area contributed by atoms with E-state index in [0.29, 0.717) is 34.3 Å². The van der Waals surface area contributed by atoms with E-state index in [9.17, 15) is 18.0 Å². The fourth-order valence-corrected chi connectivity index (χ4v) is 8.69. The van der Waals surface area contributed by atoms with E-state index in [1.807, 2.05) is 12.1 Å². The molecule has 0 bridgehead atoms. The van der Waals surface area contributed by atoms with E-state index in [-0.39, 0.29) is 82.1 Å².